The molecule has 6 aliphatic carbocycles. The van der Waals surface area contributed by atoms with Gasteiger partial charge in [0.2, 0.25) is 5.91 Å². The number of hydrogen-bond donors (Lipinski definition) is 1. The van der Waals surface area contributed by atoms with Crippen molar-refractivity contribution in [1.29, 1.82) is 0 Å². The fourth-order valence-corrected chi connectivity index (χ4v) is 12.7. The summed E-state index contributed by atoms with van der Waals surface area (Å²) >= 11 is 3.60. The number of carboxylic acids is 1. The average Bonchev–Trinajstić information content (AvgIpc) is 3.18. The van der Waals surface area contributed by atoms with Gasteiger partial charge in [-0.3, -0.25) is 9.59 Å². The minimum Gasteiger partial charge on any atom is -0.481 e. The van der Waals surface area contributed by atoms with Crippen LogP contribution in [0.15, 0.2) is 22.7 Å². The summed E-state index contributed by atoms with van der Waals surface area (Å²) in [6.07, 6.45) is 16.2. The van der Waals surface area contributed by atoms with Crippen LogP contribution < -0.4 is 0 Å². The molecule has 6 fully saturated rings. The predicted molar refractivity (Wildman–Crippen MR) is 149 cm³/mol. The van der Waals surface area contributed by atoms with E-state index in [1.165, 1.54) is 62.5 Å². The second-order valence-corrected chi connectivity index (χ2v) is 16.0. The first-order chi connectivity index (χ1) is 18.3. The van der Waals surface area contributed by atoms with Crippen LogP contribution in [0, 0.1) is 51.8 Å². The molecule has 6 saturated carbocycles. The van der Waals surface area contributed by atoms with Gasteiger partial charge in [0.25, 0.3) is 0 Å². The quantitative estimate of drug-likeness (QED) is 0.411. The van der Waals surface area contributed by atoms with Gasteiger partial charge in [0.15, 0.2) is 0 Å². The van der Waals surface area contributed by atoms with Crippen LogP contribution in [-0.4, -0.2) is 28.4 Å². The number of benzene rings is 1. The van der Waals surface area contributed by atoms with Crippen molar-refractivity contribution in [2.75, 3.05) is 6.54 Å². The van der Waals surface area contributed by atoms with Gasteiger partial charge in [0, 0.05) is 23.5 Å². The molecular weight excluding hydrogens is 538 g/mol. The Bertz CT molecular complexity index is 1190. The van der Waals surface area contributed by atoms with Crippen LogP contribution in [-0.2, 0) is 22.6 Å². The van der Waals surface area contributed by atoms with Gasteiger partial charge in [-0.2, -0.15) is 0 Å². The summed E-state index contributed by atoms with van der Waals surface area (Å²) in [4.78, 5) is 28.9. The van der Waals surface area contributed by atoms with E-state index < -0.39 is 11.4 Å². The van der Waals surface area contributed by atoms with Crippen molar-refractivity contribution < 1.29 is 14.7 Å². The summed E-state index contributed by atoms with van der Waals surface area (Å²) in [5.74, 6) is 3.38. The largest absolute Gasteiger partial charge is 0.481 e. The molecule has 1 aromatic rings. The van der Waals surface area contributed by atoms with Crippen molar-refractivity contribution in [3.05, 3.63) is 33.8 Å². The molecular formula is C33H42BrNO3. The van der Waals surface area contributed by atoms with Crippen LogP contribution >= 0.6 is 15.9 Å². The van der Waals surface area contributed by atoms with Crippen LogP contribution in [0.5, 0.6) is 0 Å². The fourth-order valence-electron chi connectivity index (χ4n) is 12.3. The molecule has 0 aromatic heterocycles. The summed E-state index contributed by atoms with van der Waals surface area (Å²) < 4.78 is 1.13. The monoisotopic (exact) mass is 579 g/mol. The van der Waals surface area contributed by atoms with E-state index in [1.54, 1.807) is 0 Å². The van der Waals surface area contributed by atoms with Crippen molar-refractivity contribution in [2.24, 2.45) is 51.8 Å². The summed E-state index contributed by atoms with van der Waals surface area (Å²) in [7, 11) is 0. The molecule has 9 atom stereocenters. The second kappa shape index (κ2) is 8.33. The lowest BCUT2D eigenvalue weighted by Gasteiger charge is -2.55. The molecule has 0 saturated heterocycles. The zero-order valence-corrected chi connectivity index (χ0v) is 24.2. The molecule has 1 aromatic carbocycles. The molecule has 1 heterocycles. The van der Waals surface area contributed by atoms with E-state index >= 15 is 0 Å². The Kier molecular flexibility index (Phi) is 5.36. The minimum absolute atomic E-state index is 0.188. The molecule has 1 amide bonds. The molecule has 9 unspecified atom stereocenters. The van der Waals surface area contributed by atoms with E-state index in [9.17, 15) is 14.7 Å². The summed E-state index contributed by atoms with van der Waals surface area (Å²) in [6, 6.07) is 6.52. The number of nitrogens with zero attached hydrogens (tertiary/aromatic N) is 1. The van der Waals surface area contributed by atoms with Crippen LogP contribution in [0.1, 0.15) is 94.6 Å². The van der Waals surface area contributed by atoms with E-state index in [0.717, 1.165) is 67.9 Å². The van der Waals surface area contributed by atoms with Crippen LogP contribution in [0.3, 0.4) is 0 Å². The van der Waals surface area contributed by atoms with Crippen molar-refractivity contribution in [2.45, 2.75) is 96.4 Å². The van der Waals surface area contributed by atoms with E-state index in [2.05, 4.69) is 39.0 Å². The Labute approximate surface area is 235 Å². The fraction of sp³-hybridized carbons (Fsp3) is 0.758. The maximum absolute atomic E-state index is 13.9. The Morgan fingerprint density at radius 1 is 0.921 bits per heavy atom. The first-order valence-corrected chi connectivity index (χ1v) is 16.4. The summed E-state index contributed by atoms with van der Waals surface area (Å²) in [5.41, 5.74) is 2.86. The number of amides is 1. The van der Waals surface area contributed by atoms with Crippen molar-refractivity contribution in [1.82, 2.24) is 4.90 Å². The molecule has 5 heteroatoms. The zero-order valence-electron chi connectivity index (χ0n) is 22.6. The molecule has 0 radical (unpaired) electrons. The smallest absolute Gasteiger partial charge is 0.309 e. The van der Waals surface area contributed by atoms with Gasteiger partial charge >= 0.3 is 5.97 Å². The van der Waals surface area contributed by atoms with Crippen LogP contribution in [0.2, 0.25) is 0 Å². The number of hydrogen-bond acceptors (Lipinski definition) is 2. The van der Waals surface area contributed by atoms with Gasteiger partial charge < -0.3 is 10.0 Å². The van der Waals surface area contributed by atoms with Crippen LogP contribution in [0.25, 0.3) is 0 Å². The highest BCUT2D eigenvalue weighted by molar-refractivity contribution is 9.10. The highest BCUT2D eigenvalue weighted by Crippen LogP contribution is 2.77. The zero-order chi connectivity index (χ0) is 25.9. The third-order valence-electron chi connectivity index (χ3n) is 13.5. The first kappa shape index (κ1) is 24.4. The van der Waals surface area contributed by atoms with Gasteiger partial charge in [-0.1, -0.05) is 34.8 Å². The number of halogens is 1. The number of fused-ring (bicyclic) bond motifs is 6. The lowest BCUT2D eigenvalue weighted by Crippen LogP contribution is -2.47. The van der Waals surface area contributed by atoms with E-state index in [1.807, 2.05) is 0 Å². The maximum atomic E-state index is 13.9. The molecule has 38 heavy (non-hydrogen) atoms. The molecule has 6 bridgehead atoms. The summed E-state index contributed by atoms with van der Waals surface area (Å²) in [5, 5.41) is 10.6. The number of carbonyl (C=O) groups excluding carboxylic acids is 1. The highest BCUT2D eigenvalue weighted by atomic mass is 79.9. The normalized spacial score (nSPS) is 46.5. The first-order valence-electron chi connectivity index (χ1n) is 15.6. The lowest BCUT2D eigenvalue weighted by atomic mass is 9.50. The second-order valence-electron chi connectivity index (χ2n) is 15.1. The maximum Gasteiger partial charge on any atom is 0.309 e. The Morgan fingerprint density at radius 2 is 1.74 bits per heavy atom. The number of carbonyl (C=O) groups is 2. The standard InChI is InChI=1S/C33H42BrNO3/c34-28-4-3-23-18-35(7-5-22(23)12-28)29(36)24-8-21-9-25-15-31(14-21,16-26(25)11-24)32-13-20-2-1-6-33(19-32,30(37)38)27(10-20)17-32/h3-4,12,20-21,24-27H,1-2,5-11,13-19H2,(H,37,38). The topological polar surface area (TPSA) is 57.6 Å². The molecule has 1 aliphatic heterocycles. The average molecular weight is 581 g/mol. The SMILES string of the molecule is O=C(C1CC2CC3CC(C45CC6CCCC(C(=O)O)(C4)C(C6)C5)(C2)CC3C1)N1CCc2cc(Br)ccc2C1. The molecule has 204 valence electrons. The molecule has 4 nitrogen and oxygen atoms in total. The number of aliphatic carboxylic acids is 1. The Balaban J connectivity index is 1.05. The molecule has 0 spiro atoms. The van der Waals surface area contributed by atoms with Gasteiger partial charge in [0.1, 0.15) is 0 Å². The third-order valence-corrected chi connectivity index (χ3v) is 14.0. The molecule has 8 rings (SSSR count). The van der Waals surface area contributed by atoms with E-state index in [0.29, 0.717) is 29.1 Å². The molecule has 7 aliphatic rings. The van der Waals surface area contributed by atoms with Crippen LogP contribution in [0.4, 0.5) is 0 Å². The number of rotatable bonds is 3. The highest BCUT2D eigenvalue weighted by Gasteiger charge is 2.71. The predicted octanol–water partition coefficient (Wildman–Crippen LogP) is 7.23. The Morgan fingerprint density at radius 3 is 2.58 bits per heavy atom. The van der Waals surface area contributed by atoms with Gasteiger partial charge in [-0.15, -0.1) is 0 Å². The molecule has 1 N–H and O–H groups in total. The number of carboxylic acid groups (broad SMARTS) is 1. The lowest BCUT2D eigenvalue weighted by molar-refractivity contribution is -0.152. The summed E-state index contributed by atoms with van der Waals surface area (Å²) in [6.45, 7) is 1.62. The van der Waals surface area contributed by atoms with E-state index in [-0.39, 0.29) is 11.3 Å². The van der Waals surface area contributed by atoms with Crippen molar-refractivity contribution in [3.63, 3.8) is 0 Å². The Hall–Kier alpha value is -1.36. The van der Waals surface area contributed by atoms with Gasteiger partial charge in [0.05, 0.1) is 5.41 Å². The van der Waals surface area contributed by atoms with Crippen molar-refractivity contribution >= 4 is 27.8 Å². The van der Waals surface area contributed by atoms with Crippen molar-refractivity contribution in [3.8, 4) is 0 Å². The third kappa shape index (κ3) is 3.38. The van der Waals surface area contributed by atoms with E-state index in [4.69, 9.17) is 0 Å². The minimum atomic E-state index is -0.477. The van der Waals surface area contributed by atoms with Gasteiger partial charge in [-0.05, 0) is 141 Å². The van der Waals surface area contributed by atoms with Gasteiger partial charge in [-0.25, -0.2) is 0 Å².